The van der Waals surface area contributed by atoms with Crippen molar-refractivity contribution >= 4 is 11.8 Å². The van der Waals surface area contributed by atoms with Crippen molar-refractivity contribution in [1.29, 1.82) is 0 Å². The third kappa shape index (κ3) is 1.97. The Kier molecular flexibility index (Phi) is 2.98. The summed E-state index contributed by atoms with van der Waals surface area (Å²) < 4.78 is 5.13. The fourth-order valence-corrected chi connectivity index (χ4v) is 2.34. The summed E-state index contributed by atoms with van der Waals surface area (Å²) in [5, 5.41) is 0. The van der Waals surface area contributed by atoms with E-state index in [1.165, 1.54) is 6.92 Å². The predicted molar refractivity (Wildman–Crippen MR) is 52.7 cm³/mol. The van der Waals surface area contributed by atoms with Gasteiger partial charge in [-0.05, 0) is 13.3 Å². The number of carbonyl (C=O) groups excluding carboxylic acids is 2. The van der Waals surface area contributed by atoms with Gasteiger partial charge < -0.3 is 4.74 Å². The number of ketones is 1. The highest BCUT2D eigenvalue weighted by atomic mass is 16.5. The Balaban J connectivity index is 2.69. The van der Waals surface area contributed by atoms with E-state index in [2.05, 4.69) is 0 Å². The molecule has 0 heterocycles. The predicted octanol–water partition coefficient (Wildman–Crippen LogP) is 1.94. The molecule has 0 aliphatic heterocycles. The van der Waals surface area contributed by atoms with Crippen LogP contribution in [0.4, 0.5) is 0 Å². The van der Waals surface area contributed by atoms with Gasteiger partial charge in [0.15, 0.2) is 0 Å². The van der Waals surface area contributed by atoms with E-state index in [1.807, 2.05) is 20.8 Å². The summed E-state index contributed by atoms with van der Waals surface area (Å²) in [4.78, 5) is 22.4. The Hall–Kier alpha value is -0.860. The van der Waals surface area contributed by atoms with E-state index < -0.39 is 0 Å². The molecule has 0 saturated heterocycles. The molecular weight excluding hydrogens is 180 g/mol. The van der Waals surface area contributed by atoms with Gasteiger partial charge in [0.05, 0.1) is 0 Å². The standard InChI is InChI=1S/C11H18O3/c1-7(14-8(2)12)9-5-6-10(13)11(9,3)4/h7,9H,5-6H2,1-4H3. The molecule has 1 aliphatic carbocycles. The van der Waals surface area contributed by atoms with Crippen molar-refractivity contribution in [2.24, 2.45) is 11.3 Å². The average Bonchev–Trinajstić information content (AvgIpc) is 2.26. The summed E-state index contributed by atoms with van der Waals surface area (Å²) in [6.07, 6.45) is 1.29. The zero-order valence-electron chi connectivity index (χ0n) is 9.29. The summed E-state index contributed by atoms with van der Waals surface area (Å²) in [6, 6.07) is 0. The zero-order chi connectivity index (χ0) is 10.9. The first-order valence-electron chi connectivity index (χ1n) is 5.06. The van der Waals surface area contributed by atoms with E-state index in [-0.39, 0.29) is 29.2 Å². The lowest BCUT2D eigenvalue weighted by molar-refractivity contribution is -0.151. The van der Waals surface area contributed by atoms with E-state index in [9.17, 15) is 9.59 Å². The van der Waals surface area contributed by atoms with Crippen molar-refractivity contribution in [1.82, 2.24) is 0 Å². The molecule has 0 aromatic rings. The number of rotatable bonds is 2. The smallest absolute Gasteiger partial charge is 0.302 e. The van der Waals surface area contributed by atoms with Crippen LogP contribution in [0.2, 0.25) is 0 Å². The number of Topliss-reactive ketones (excluding diaryl/α,β-unsaturated/α-hetero) is 1. The Morgan fingerprint density at radius 3 is 2.50 bits per heavy atom. The molecular formula is C11H18O3. The van der Waals surface area contributed by atoms with Crippen LogP contribution in [0.25, 0.3) is 0 Å². The van der Waals surface area contributed by atoms with Crippen LogP contribution in [0.1, 0.15) is 40.5 Å². The maximum Gasteiger partial charge on any atom is 0.302 e. The lowest BCUT2D eigenvalue weighted by Gasteiger charge is -2.29. The third-order valence-corrected chi connectivity index (χ3v) is 3.25. The molecule has 1 saturated carbocycles. The SMILES string of the molecule is CC(=O)OC(C)C1CCC(=O)C1(C)C. The summed E-state index contributed by atoms with van der Waals surface area (Å²) in [7, 11) is 0. The molecule has 0 aromatic heterocycles. The van der Waals surface area contributed by atoms with Crippen LogP contribution in [0, 0.1) is 11.3 Å². The molecule has 80 valence electrons. The highest BCUT2D eigenvalue weighted by molar-refractivity contribution is 5.86. The number of hydrogen-bond acceptors (Lipinski definition) is 3. The topological polar surface area (TPSA) is 43.4 Å². The van der Waals surface area contributed by atoms with Crippen molar-refractivity contribution < 1.29 is 14.3 Å². The molecule has 1 fully saturated rings. The summed E-state index contributed by atoms with van der Waals surface area (Å²) in [6.45, 7) is 7.15. The Labute approximate surface area is 84.8 Å². The van der Waals surface area contributed by atoms with Gasteiger partial charge in [0.1, 0.15) is 11.9 Å². The van der Waals surface area contributed by atoms with E-state index in [1.54, 1.807) is 0 Å². The second-order valence-electron chi connectivity index (χ2n) is 4.60. The average molecular weight is 198 g/mol. The molecule has 1 aliphatic rings. The van der Waals surface area contributed by atoms with Crippen LogP contribution in [-0.4, -0.2) is 17.9 Å². The van der Waals surface area contributed by atoms with Crippen LogP contribution >= 0.6 is 0 Å². The first-order chi connectivity index (χ1) is 6.35. The molecule has 0 bridgehead atoms. The van der Waals surface area contributed by atoms with Crippen molar-refractivity contribution in [3.8, 4) is 0 Å². The number of hydrogen-bond donors (Lipinski definition) is 0. The van der Waals surface area contributed by atoms with E-state index >= 15 is 0 Å². The van der Waals surface area contributed by atoms with Gasteiger partial charge in [0.2, 0.25) is 0 Å². The fraction of sp³-hybridized carbons (Fsp3) is 0.818. The van der Waals surface area contributed by atoms with Gasteiger partial charge in [-0.2, -0.15) is 0 Å². The van der Waals surface area contributed by atoms with Crippen LogP contribution in [0.5, 0.6) is 0 Å². The van der Waals surface area contributed by atoms with Crippen molar-refractivity contribution in [2.75, 3.05) is 0 Å². The van der Waals surface area contributed by atoms with Gasteiger partial charge in [-0.3, -0.25) is 9.59 Å². The second kappa shape index (κ2) is 3.71. The second-order valence-corrected chi connectivity index (χ2v) is 4.60. The summed E-state index contributed by atoms with van der Waals surface area (Å²) in [5.41, 5.74) is -0.338. The van der Waals surface area contributed by atoms with Gasteiger partial charge in [-0.15, -0.1) is 0 Å². The molecule has 0 amide bonds. The van der Waals surface area contributed by atoms with Gasteiger partial charge in [-0.25, -0.2) is 0 Å². The first-order valence-corrected chi connectivity index (χ1v) is 5.06. The molecule has 2 atom stereocenters. The fourth-order valence-electron chi connectivity index (χ4n) is 2.34. The van der Waals surface area contributed by atoms with Crippen molar-refractivity contribution in [3.63, 3.8) is 0 Å². The van der Waals surface area contributed by atoms with Crippen LogP contribution in [0.15, 0.2) is 0 Å². The third-order valence-electron chi connectivity index (χ3n) is 3.25. The minimum atomic E-state index is -0.338. The summed E-state index contributed by atoms with van der Waals surface area (Å²) >= 11 is 0. The molecule has 1 rings (SSSR count). The number of esters is 1. The molecule has 3 heteroatoms. The van der Waals surface area contributed by atoms with Crippen molar-refractivity contribution in [2.45, 2.75) is 46.6 Å². The normalized spacial score (nSPS) is 27.4. The number of carbonyl (C=O) groups is 2. The Morgan fingerprint density at radius 1 is 1.57 bits per heavy atom. The molecule has 0 aromatic carbocycles. The molecule has 0 N–H and O–H groups in total. The van der Waals surface area contributed by atoms with Gasteiger partial charge >= 0.3 is 5.97 Å². The van der Waals surface area contributed by atoms with Crippen LogP contribution in [0.3, 0.4) is 0 Å². The molecule has 3 nitrogen and oxygen atoms in total. The van der Waals surface area contributed by atoms with Crippen LogP contribution < -0.4 is 0 Å². The number of ether oxygens (including phenoxy) is 1. The monoisotopic (exact) mass is 198 g/mol. The van der Waals surface area contributed by atoms with E-state index in [0.717, 1.165) is 6.42 Å². The van der Waals surface area contributed by atoms with Crippen LogP contribution in [-0.2, 0) is 14.3 Å². The lowest BCUT2D eigenvalue weighted by Crippen LogP contribution is -2.34. The maximum absolute atomic E-state index is 11.6. The Morgan fingerprint density at radius 2 is 2.14 bits per heavy atom. The van der Waals surface area contributed by atoms with Gasteiger partial charge in [0.25, 0.3) is 0 Å². The van der Waals surface area contributed by atoms with Gasteiger partial charge in [0, 0.05) is 24.7 Å². The summed E-state index contributed by atoms with van der Waals surface area (Å²) in [5.74, 6) is 0.174. The molecule has 0 radical (unpaired) electrons. The minimum absolute atomic E-state index is 0.158. The zero-order valence-corrected chi connectivity index (χ0v) is 9.29. The van der Waals surface area contributed by atoms with Crippen molar-refractivity contribution in [3.05, 3.63) is 0 Å². The van der Waals surface area contributed by atoms with E-state index in [4.69, 9.17) is 4.74 Å². The van der Waals surface area contributed by atoms with E-state index in [0.29, 0.717) is 6.42 Å². The Bertz CT molecular complexity index is 255. The van der Waals surface area contributed by atoms with Gasteiger partial charge in [-0.1, -0.05) is 13.8 Å². The molecule has 14 heavy (non-hydrogen) atoms. The lowest BCUT2D eigenvalue weighted by atomic mass is 9.78. The molecule has 2 unspecified atom stereocenters. The highest BCUT2D eigenvalue weighted by Gasteiger charge is 2.45. The quantitative estimate of drug-likeness (QED) is 0.637. The first kappa shape index (κ1) is 11.2. The maximum atomic E-state index is 11.6. The molecule has 0 spiro atoms. The largest absolute Gasteiger partial charge is 0.463 e. The highest BCUT2D eigenvalue weighted by Crippen LogP contribution is 2.42. The minimum Gasteiger partial charge on any atom is -0.463 e.